The molecule has 3 aromatic heterocycles. The minimum Gasteiger partial charge on any atom is -0.339 e. The fourth-order valence-corrected chi connectivity index (χ4v) is 3.14. The van der Waals surface area contributed by atoms with Crippen molar-refractivity contribution in [3.05, 3.63) is 77.9 Å². The number of benzene rings is 1. The van der Waals surface area contributed by atoms with Gasteiger partial charge in [-0.3, -0.25) is 9.78 Å². The number of aryl methyl sites for hydroxylation is 1. The molecule has 0 atom stereocenters. The topological polar surface area (TPSA) is 98.7 Å². The first kappa shape index (κ1) is 21.4. The summed E-state index contributed by atoms with van der Waals surface area (Å²) in [5.74, 6) is 1.34. The van der Waals surface area contributed by atoms with Crippen LogP contribution in [0.15, 0.2) is 65.3 Å². The highest BCUT2D eigenvalue weighted by molar-refractivity contribution is 5.90. The number of nitrogens with zero attached hydrogens (tertiary/aromatic N) is 5. The van der Waals surface area contributed by atoms with E-state index < -0.39 is 0 Å². The van der Waals surface area contributed by atoms with Crippen LogP contribution >= 0.6 is 0 Å². The van der Waals surface area contributed by atoms with E-state index in [-0.39, 0.29) is 17.7 Å². The molecule has 4 rings (SSSR count). The third kappa shape index (κ3) is 5.26. The summed E-state index contributed by atoms with van der Waals surface area (Å²) in [4.78, 5) is 21.2. The van der Waals surface area contributed by atoms with E-state index in [0.29, 0.717) is 36.2 Å². The highest BCUT2D eigenvalue weighted by Crippen LogP contribution is 2.25. The molecule has 164 valence electrons. The monoisotopic (exact) mass is 430 g/mol. The average Bonchev–Trinajstić information content (AvgIpc) is 3.41. The van der Waals surface area contributed by atoms with Crippen LogP contribution in [0.5, 0.6) is 0 Å². The van der Waals surface area contributed by atoms with Crippen LogP contribution in [0.4, 0.5) is 5.82 Å². The Morgan fingerprint density at radius 3 is 2.59 bits per heavy atom. The molecule has 32 heavy (non-hydrogen) atoms. The number of amides is 1. The molecule has 8 nitrogen and oxygen atoms in total. The lowest BCUT2D eigenvalue weighted by molar-refractivity contribution is -0.116. The van der Waals surface area contributed by atoms with E-state index in [2.05, 4.69) is 41.2 Å². The van der Waals surface area contributed by atoms with Crippen molar-refractivity contribution in [2.75, 3.05) is 5.32 Å². The first-order valence-electron chi connectivity index (χ1n) is 10.5. The van der Waals surface area contributed by atoms with Crippen LogP contribution in [-0.4, -0.2) is 30.8 Å². The summed E-state index contributed by atoms with van der Waals surface area (Å²) >= 11 is 0. The zero-order valence-electron chi connectivity index (χ0n) is 18.4. The number of aromatic nitrogens is 5. The van der Waals surface area contributed by atoms with Crippen molar-refractivity contribution < 1.29 is 9.32 Å². The smallest absolute Gasteiger partial charge is 0.227 e. The highest BCUT2D eigenvalue weighted by atomic mass is 16.5. The van der Waals surface area contributed by atoms with Crippen molar-refractivity contribution in [2.45, 2.75) is 45.6 Å². The minimum atomic E-state index is -0.141. The van der Waals surface area contributed by atoms with Crippen LogP contribution in [0.1, 0.15) is 44.3 Å². The Labute approximate surface area is 186 Å². The molecule has 0 saturated heterocycles. The summed E-state index contributed by atoms with van der Waals surface area (Å²) in [6.07, 6.45) is 2.22. The van der Waals surface area contributed by atoms with E-state index in [1.807, 2.05) is 59.3 Å². The van der Waals surface area contributed by atoms with Gasteiger partial charge in [-0.15, -0.1) is 0 Å². The largest absolute Gasteiger partial charge is 0.339 e. The quantitative estimate of drug-likeness (QED) is 0.471. The molecule has 0 aliphatic carbocycles. The summed E-state index contributed by atoms with van der Waals surface area (Å²) in [5, 5.41) is 11.7. The molecule has 4 aromatic rings. The molecule has 0 radical (unpaired) electrons. The predicted molar refractivity (Wildman–Crippen MR) is 121 cm³/mol. The third-order valence-corrected chi connectivity index (χ3v) is 4.92. The molecule has 0 unspecified atom stereocenters. The molecule has 1 aromatic carbocycles. The van der Waals surface area contributed by atoms with Gasteiger partial charge in [0.1, 0.15) is 11.5 Å². The Hall–Kier alpha value is -3.81. The van der Waals surface area contributed by atoms with E-state index in [0.717, 1.165) is 11.3 Å². The van der Waals surface area contributed by atoms with Gasteiger partial charge in [0.05, 0.1) is 12.2 Å². The SMILES string of the molecule is CC(C)(C)c1cc(NC(=O)CCc2nc(-c3ccccn3)no2)n(Cc2ccccc2)n1. The normalized spacial score (nSPS) is 11.5. The van der Waals surface area contributed by atoms with Gasteiger partial charge in [0, 0.05) is 30.5 Å². The Balaban J connectivity index is 1.43. The molecule has 8 heteroatoms. The molecule has 0 bridgehead atoms. The average molecular weight is 431 g/mol. The van der Waals surface area contributed by atoms with Gasteiger partial charge >= 0.3 is 0 Å². The Morgan fingerprint density at radius 1 is 1.09 bits per heavy atom. The molecule has 0 spiro atoms. The fraction of sp³-hybridized carbons (Fsp3) is 0.292. The second kappa shape index (κ2) is 9.13. The van der Waals surface area contributed by atoms with Gasteiger partial charge < -0.3 is 9.84 Å². The number of carbonyl (C=O) groups excluding carboxylic acids is 1. The van der Waals surface area contributed by atoms with Crippen molar-refractivity contribution in [1.29, 1.82) is 0 Å². The maximum atomic E-state index is 12.7. The van der Waals surface area contributed by atoms with E-state index in [1.54, 1.807) is 6.20 Å². The summed E-state index contributed by atoms with van der Waals surface area (Å²) in [7, 11) is 0. The minimum absolute atomic E-state index is 0.132. The van der Waals surface area contributed by atoms with Crippen molar-refractivity contribution in [1.82, 2.24) is 24.9 Å². The van der Waals surface area contributed by atoms with Crippen molar-refractivity contribution in [3.8, 4) is 11.5 Å². The molecule has 0 saturated carbocycles. The lowest BCUT2D eigenvalue weighted by Gasteiger charge is -2.14. The van der Waals surface area contributed by atoms with Crippen LogP contribution in [0.3, 0.4) is 0 Å². The van der Waals surface area contributed by atoms with Gasteiger partial charge in [-0.1, -0.05) is 62.3 Å². The van der Waals surface area contributed by atoms with E-state index in [1.165, 1.54) is 0 Å². The number of rotatable bonds is 7. The number of hydrogen-bond donors (Lipinski definition) is 1. The van der Waals surface area contributed by atoms with Gasteiger partial charge in [0.25, 0.3) is 0 Å². The Bertz CT molecular complexity index is 1180. The zero-order chi connectivity index (χ0) is 22.6. The number of nitrogens with one attached hydrogen (secondary N) is 1. The van der Waals surface area contributed by atoms with E-state index >= 15 is 0 Å². The zero-order valence-corrected chi connectivity index (χ0v) is 18.4. The molecule has 1 amide bonds. The standard InChI is InChI=1S/C24H26N6O2/c1-24(2,3)19-15-20(30(28-19)16-17-9-5-4-6-10-17)26-21(31)12-13-22-27-23(29-32-22)18-11-7-8-14-25-18/h4-11,14-15H,12-13,16H2,1-3H3,(H,26,31). The van der Waals surface area contributed by atoms with Gasteiger partial charge in [-0.05, 0) is 17.7 Å². The number of carbonyl (C=O) groups is 1. The predicted octanol–water partition coefficient (Wildman–Crippen LogP) is 4.25. The van der Waals surface area contributed by atoms with Crippen LogP contribution in [0, 0.1) is 0 Å². The van der Waals surface area contributed by atoms with Gasteiger partial charge in [-0.25, -0.2) is 4.68 Å². The summed E-state index contributed by atoms with van der Waals surface area (Å²) in [6.45, 7) is 6.87. The summed E-state index contributed by atoms with van der Waals surface area (Å²) in [6, 6.07) is 17.5. The summed E-state index contributed by atoms with van der Waals surface area (Å²) < 4.78 is 7.11. The molecule has 0 aliphatic heterocycles. The highest BCUT2D eigenvalue weighted by Gasteiger charge is 2.21. The van der Waals surface area contributed by atoms with Crippen molar-refractivity contribution in [3.63, 3.8) is 0 Å². The van der Waals surface area contributed by atoms with Gasteiger partial charge in [-0.2, -0.15) is 10.1 Å². The molecular formula is C24H26N6O2. The van der Waals surface area contributed by atoms with Gasteiger partial charge in [0.15, 0.2) is 0 Å². The Kier molecular flexibility index (Phi) is 6.11. The molecule has 1 N–H and O–H groups in total. The molecule has 0 aliphatic rings. The molecule has 0 fully saturated rings. The first-order chi connectivity index (χ1) is 15.4. The number of anilines is 1. The van der Waals surface area contributed by atoms with Crippen LogP contribution < -0.4 is 5.32 Å². The summed E-state index contributed by atoms with van der Waals surface area (Å²) in [5.41, 5.74) is 2.53. The lowest BCUT2D eigenvalue weighted by Crippen LogP contribution is -2.16. The van der Waals surface area contributed by atoms with Crippen LogP contribution in [-0.2, 0) is 23.2 Å². The van der Waals surface area contributed by atoms with E-state index in [9.17, 15) is 4.79 Å². The van der Waals surface area contributed by atoms with Gasteiger partial charge in [0.2, 0.25) is 17.6 Å². The first-order valence-corrected chi connectivity index (χ1v) is 10.5. The van der Waals surface area contributed by atoms with Crippen molar-refractivity contribution >= 4 is 11.7 Å². The lowest BCUT2D eigenvalue weighted by atomic mass is 9.92. The number of pyridine rings is 1. The maximum Gasteiger partial charge on any atom is 0.227 e. The second-order valence-electron chi connectivity index (χ2n) is 8.58. The fourth-order valence-electron chi connectivity index (χ4n) is 3.14. The van der Waals surface area contributed by atoms with Crippen LogP contribution in [0.2, 0.25) is 0 Å². The van der Waals surface area contributed by atoms with Crippen LogP contribution in [0.25, 0.3) is 11.5 Å². The second-order valence-corrected chi connectivity index (χ2v) is 8.58. The number of hydrogen-bond acceptors (Lipinski definition) is 6. The van der Waals surface area contributed by atoms with Crippen molar-refractivity contribution in [2.24, 2.45) is 0 Å². The maximum absolute atomic E-state index is 12.7. The third-order valence-electron chi connectivity index (χ3n) is 4.92. The van der Waals surface area contributed by atoms with E-state index in [4.69, 9.17) is 9.62 Å². The molecular weight excluding hydrogens is 404 g/mol. The Morgan fingerprint density at radius 2 is 1.88 bits per heavy atom. The molecule has 3 heterocycles.